The predicted octanol–water partition coefficient (Wildman–Crippen LogP) is 5.97. The molecular formula is C25H14Cl2N2O3. The Hall–Kier alpha value is -3.67. The van der Waals surface area contributed by atoms with E-state index in [9.17, 15) is 9.59 Å². The van der Waals surface area contributed by atoms with Gasteiger partial charge < -0.3 is 4.42 Å². The first-order valence-electron chi connectivity index (χ1n) is 9.69. The van der Waals surface area contributed by atoms with Gasteiger partial charge in [-0.3, -0.25) is 14.2 Å². The highest BCUT2D eigenvalue weighted by Gasteiger charge is 2.12. The van der Waals surface area contributed by atoms with Crippen LogP contribution < -0.4 is 11.0 Å². The van der Waals surface area contributed by atoms with Crippen molar-refractivity contribution in [1.29, 1.82) is 0 Å². The summed E-state index contributed by atoms with van der Waals surface area (Å²) >= 11 is 12.2. The van der Waals surface area contributed by atoms with Crippen molar-refractivity contribution in [3.63, 3.8) is 0 Å². The summed E-state index contributed by atoms with van der Waals surface area (Å²) in [6, 6.07) is 19.4. The number of hydrogen-bond acceptors (Lipinski definition) is 4. The van der Waals surface area contributed by atoms with Crippen LogP contribution in [0.3, 0.4) is 0 Å². The fraction of sp³-hybridized carbons (Fsp3) is 0. The minimum atomic E-state index is -0.290. The Balaban J connectivity index is 1.72. The molecule has 2 aromatic heterocycles. The maximum Gasteiger partial charge on any atom is 0.266 e. The van der Waals surface area contributed by atoms with E-state index in [0.29, 0.717) is 27.4 Å². The smallest absolute Gasteiger partial charge is 0.266 e. The first-order chi connectivity index (χ1) is 15.5. The molecular weight excluding hydrogens is 447 g/mol. The zero-order chi connectivity index (χ0) is 22.2. The van der Waals surface area contributed by atoms with Gasteiger partial charge in [-0.1, -0.05) is 53.5 Å². The van der Waals surface area contributed by atoms with Crippen LogP contribution in [-0.4, -0.2) is 9.55 Å². The van der Waals surface area contributed by atoms with Gasteiger partial charge in [0.05, 0.1) is 32.6 Å². The average molecular weight is 461 g/mol. The van der Waals surface area contributed by atoms with Crippen LogP contribution in [0.4, 0.5) is 0 Å². The number of halogens is 2. The van der Waals surface area contributed by atoms with Gasteiger partial charge in [0.2, 0.25) is 0 Å². The zero-order valence-corrected chi connectivity index (χ0v) is 18.0. The lowest BCUT2D eigenvalue weighted by Crippen LogP contribution is -2.22. The number of para-hydroxylation sites is 2. The molecule has 3 aromatic carbocycles. The van der Waals surface area contributed by atoms with Gasteiger partial charge in [-0.25, -0.2) is 4.98 Å². The molecule has 0 aliphatic carbocycles. The van der Waals surface area contributed by atoms with Gasteiger partial charge in [0, 0.05) is 5.02 Å². The van der Waals surface area contributed by atoms with Crippen molar-refractivity contribution in [1.82, 2.24) is 9.55 Å². The topological polar surface area (TPSA) is 65.1 Å². The lowest BCUT2D eigenvalue weighted by Gasteiger charge is -2.11. The minimum Gasteiger partial charge on any atom is -0.462 e. The van der Waals surface area contributed by atoms with E-state index in [2.05, 4.69) is 4.98 Å². The average Bonchev–Trinajstić information content (AvgIpc) is 2.80. The van der Waals surface area contributed by atoms with Gasteiger partial charge in [-0.2, -0.15) is 0 Å². The van der Waals surface area contributed by atoms with Crippen LogP contribution in [0.25, 0.3) is 39.7 Å². The van der Waals surface area contributed by atoms with Crippen LogP contribution in [0.15, 0.2) is 87.0 Å². The second kappa shape index (κ2) is 8.11. The molecule has 2 heterocycles. The highest BCUT2D eigenvalue weighted by atomic mass is 35.5. The summed E-state index contributed by atoms with van der Waals surface area (Å²) in [5, 5.41) is 1.37. The highest BCUT2D eigenvalue weighted by Crippen LogP contribution is 2.26. The molecule has 0 amide bonds. The lowest BCUT2D eigenvalue weighted by atomic mass is 10.1. The Morgan fingerprint density at radius 3 is 2.44 bits per heavy atom. The van der Waals surface area contributed by atoms with Gasteiger partial charge in [-0.15, -0.1) is 0 Å². The maximum absolute atomic E-state index is 13.3. The standard InChI is InChI=1S/C25H14Cl2N2O3/c26-16-12-19-23(30)15(14-32-24(19)20(27)13-16)10-11-22-28-21-9-5-4-8-18(21)25(31)29(22)17-6-2-1-3-7-17/h1-14H. The van der Waals surface area contributed by atoms with Gasteiger partial charge in [0.25, 0.3) is 5.56 Å². The fourth-order valence-electron chi connectivity index (χ4n) is 3.55. The van der Waals surface area contributed by atoms with Crippen LogP contribution >= 0.6 is 23.2 Å². The van der Waals surface area contributed by atoms with Crippen LogP contribution in [0.1, 0.15) is 11.4 Å². The van der Waals surface area contributed by atoms with Crippen molar-refractivity contribution in [2.75, 3.05) is 0 Å². The third kappa shape index (κ3) is 3.51. The van der Waals surface area contributed by atoms with E-state index in [1.807, 2.05) is 36.4 Å². The Morgan fingerprint density at radius 1 is 0.875 bits per heavy atom. The number of hydrogen-bond donors (Lipinski definition) is 0. The van der Waals surface area contributed by atoms with E-state index >= 15 is 0 Å². The number of nitrogens with zero attached hydrogens (tertiary/aromatic N) is 2. The molecule has 0 saturated heterocycles. The Labute approximate surface area is 191 Å². The van der Waals surface area contributed by atoms with Gasteiger partial charge in [0.1, 0.15) is 12.1 Å². The third-order valence-corrected chi connectivity index (χ3v) is 5.55. The second-order valence-corrected chi connectivity index (χ2v) is 7.92. The Bertz CT molecular complexity index is 1640. The Kier molecular flexibility index (Phi) is 5.13. The van der Waals surface area contributed by atoms with E-state index in [4.69, 9.17) is 27.6 Å². The zero-order valence-electron chi connectivity index (χ0n) is 16.5. The van der Waals surface area contributed by atoms with E-state index in [0.717, 1.165) is 0 Å². The van der Waals surface area contributed by atoms with Crippen molar-refractivity contribution < 1.29 is 4.42 Å². The number of fused-ring (bicyclic) bond motifs is 2. The summed E-state index contributed by atoms with van der Waals surface area (Å²) in [7, 11) is 0. The molecule has 32 heavy (non-hydrogen) atoms. The number of benzene rings is 3. The summed E-state index contributed by atoms with van der Waals surface area (Å²) in [5.74, 6) is 0.378. The summed E-state index contributed by atoms with van der Waals surface area (Å²) in [6.07, 6.45) is 4.51. The van der Waals surface area contributed by atoms with Gasteiger partial charge >= 0.3 is 0 Å². The highest BCUT2D eigenvalue weighted by molar-refractivity contribution is 6.38. The van der Waals surface area contributed by atoms with Crippen molar-refractivity contribution in [2.45, 2.75) is 0 Å². The quantitative estimate of drug-likeness (QED) is 0.332. The Morgan fingerprint density at radius 2 is 1.62 bits per heavy atom. The largest absolute Gasteiger partial charge is 0.462 e. The molecule has 5 aromatic rings. The molecule has 5 rings (SSSR count). The molecule has 0 fully saturated rings. The minimum absolute atomic E-state index is 0.203. The third-order valence-electron chi connectivity index (χ3n) is 5.05. The molecule has 7 heteroatoms. The maximum atomic E-state index is 13.3. The molecule has 0 aliphatic heterocycles. The molecule has 0 bridgehead atoms. The molecule has 5 nitrogen and oxygen atoms in total. The molecule has 0 atom stereocenters. The van der Waals surface area contributed by atoms with Crippen LogP contribution in [0, 0.1) is 0 Å². The van der Waals surface area contributed by atoms with E-state index in [1.165, 1.54) is 23.0 Å². The molecule has 0 spiro atoms. The van der Waals surface area contributed by atoms with E-state index < -0.39 is 0 Å². The van der Waals surface area contributed by atoms with E-state index in [1.54, 1.807) is 30.4 Å². The fourth-order valence-corrected chi connectivity index (χ4v) is 4.09. The number of aromatic nitrogens is 2. The summed E-state index contributed by atoms with van der Waals surface area (Å²) in [4.78, 5) is 30.9. The van der Waals surface area contributed by atoms with Crippen molar-refractivity contribution in [2.24, 2.45) is 0 Å². The van der Waals surface area contributed by atoms with Crippen molar-refractivity contribution >= 4 is 57.2 Å². The molecule has 156 valence electrons. The molecule has 0 aliphatic rings. The normalized spacial score (nSPS) is 11.6. The lowest BCUT2D eigenvalue weighted by molar-refractivity contribution is 0.601. The molecule has 0 radical (unpaired) electrons. The SMILES string of the molecule is O=c1c(C=Cc2nc3ccccc3c(=O)n2-c2ccccc2)coc2c(Cl)cc(Cl)cc12. The molecule has 0 unspecified atom stereocenters. The summed E-state index contributed by atoms with van der Waals surface area (Å²) < 4.78 is 7.09. The van der Waals surface area contributed by atoms with Crippen LogP contribution in [0.5, 0.6) is 0 Å². The molecule has 0 N–H and O–H groups in total. The van der Waals surface area contributed by atoms with E-state index in [-0.39, 0.29) is 32.5 Å². The predicted molar refractivity (Wildman–Crippen MR) is 129 cm³/mol. The van der Waals surface area contributed by atoms with Gasteiger partial charge in [-0.05, 0) is 48.6 Å². The first-order valence-corrected chi connectivity index (χ1v) is 10.4. The molecule has 0 saturated carbocycles. The van der Waals surface area contributed by atoms with Crippen LogP contribution in [0.2, 0.25) is 10.0 Å². The van der Waals surface area contributed by atoms with Crippen molar-refractivity contribution in [3.05, 3.63) is 115 Å². The van der Waals surface area contributed by atoms with Crippen LogP contribution in [-0.2, 0) is 0 Å². The monoisotopic (exact) mass is 460 g/mol. The second-order valence-electron chi connectivity index (χ2n) is 7.08. The first kappa shape index (κ1) is 20.2. The number of rotatable bonds is 3. The summed E-state index contributed by atoms with van der Waals surface area (Å²) in [6.45, 7) is 0. The summed E-state index contributed by atoms with van der Waals surface area (Å²) in [5.41, 5.74) is 1.28. The van der Waals surface area contributed by atoms with Crippen molar-refractivity contribution in [3.8, 4) is 5.69 Å². The van der Waals surface area contributed by atoms with Gasteiger partial charge in [0.15, 0.2) is 11.0 Å².